The van der Waals surface area contributed by atoms with Crippen LogP contribution < -0.4 is 11.5 Å². The summed E-state index contributed by atoms with van der Waals surface area (Å²) >= 11 is 2.25. The van der Waals surface area contributed by atoms with Gasteiger partial charge >= 0.3 is 0 Å². The highest BCUT2D eigenvalue weighted by atomic mass is 131. The molecular weight excluding hydrogens is 269 g/mol. The van der Waals surface area contributed by atoms with Gasteiger partial charge < -0.3 is 11.5 Å². The van der Waals surface area contributed by atoms with Crippen molar-refractivity contribution in [2.45, 2.75) is 6.54 Å². The quantitative estimate of drug-likeness (QED) is 0.483. The summed E-state index contributed by atoms with van der Waals surface area (Å²) < 4.78 is 1.19. The van der Waals surface area contributed by atoms with E-state index in [2.05, 4.69) is 27.6 Å². The number of nitrogens with zero attached hydrogens (tertiary/aromatic N) is 1. The average Bonchev–Trinajstić information content (AvgIpc) is 2.01. The minimum Gasteiger partial charge on any atom is -0.370 e. The Hall–Kier alpha value is -0.780. The van der Waals surface area contributed by atoms with Crippen molar-refractivity contribution in [3.63, 3.8) is 0 Å². The fourth-order valence-electron chi connectivity index (χ4n) is 0.818. The maximum atomic E-state index is 5.20. The monoisotopic (exact) mass is 279 g/mol. The minimum atomic E-state index is 0.133. The van der Waals surface area contributed by atoms with Gasteiger partial charge in [0.2, 0.25) is 0 Å². The summed E-state index contributed by atoms with van der Waals surface area (Å²) in [5.41, 5.74) is 11.5. The number of hydrogen-bond acceptors (Lipinski definition) is 1. The van der Waals surface area contributed by atoms with Crippen molar-refractivity contribution in [3.05, 3.63) is 33.4 Å². The van der Waals surface area contributed by atoms with E-state index in [0.29, 0.717) is 6.54 Å². The summed E-state index contributed by atoms with van der Waals surface area (Å²) in [6.45, 7) is 0.555. The Morgan fingerprint density at radius 2 is 2.17 bits per heavy atom. The number of nitrogens with two attached hydrogens (primary N) is 2. The summed E-state index contributed by atoms with van der Waals surface area (Å²) in [4.78, 5) is 3.90. The van der Waals surface area contributed by atoms with Crippen LogP contribution >= 0.6 is 22.6 Å². The van der Waals surface area contributed by atoms with Gasteiger partial charge in [-0.15, -0.1) is 0 Å². The summed E-state index contributed by atoms with van der Waals surface area (Å²) in [5.74, 6) is 0.133. The first kappa shape index (κ1) is 9.31. The van der Waals surface area contributed by atoms with E-state index in [0.717, 1.165) is 5.56 Å². The van der Waals surface area contributed by atoms with Crippen molar-refractivity contribution in [2.75, 3.05) is 0 Å². The lowest BCUT2D eigenvalue weighted by molar-refractivity contribution is 1.05. The second-order valence-corrected chi connectivity index (χ2v) is 3.62. The summed E-state index contributed by atoms with van der Waals surface area (Å²) in [7, 11) is 0. The van der Waals surface area contributed by atoms with Crippen molar-refractivity contribution in [2.24, 2.45) is 16.5 Å². The first-order valence-corrected chi connectivity index (χ1v) is 4.56. The molecule has 12 heavy (non-hydrogen) atoms. The van der Waals surface area contributed by atoms with E-state index in [1.54, 1.807) is 0 Å². The SMILES string of the molecule is NC(N)=NCc1cccc([131I])c1. The number of rotatable bonds is 2. The molecule has 3 nitrogen and oxygen atoms in total. The van der Waals surface area contributed by atoms with Crippen molar-refractivity contribution in [3.8, 4) is 0 Å². The molecule has 0 fully saturated rings. The maximum Gasteiger partial charge on any atom is 0.186 e. The van der Waals surface area contributed by atoms with Gasteiger partial charge in [0, 0.05) is 3.57 Å². The smallest absolute Gasteiger partial charge is 0.186 e. The number of benzene rings is 1. The van der Waals surface area contributed by atoms with Crippen LogP contribution in [-0.2, 0) is 6.54 Å². The van der Waals surface area contributed by atoms with Gasteiger partial charge in [-0.25, -0.2) is 4.99 Å². The van der Waals surface area contributed by atoms with Crippen molar-refractivity contribution in [1.82, 2.24) is 0 Å². The van der Waals surface area contributed by atoms with E-state index >= 15 is 0 Å². The van der Waals surface area contributed by atoms with Gasteiger partial charge in [-0.2, -0.15) is 0 Å². The van der Waals surface area contributed by atoms with Gasteiger partial charge in [0.15, 0.2) is 5.96 Å². The van der Waals surface area contributed by atoms with E-state index in [-0.39, 0.29) is 5.96 Å². The molecule has 0 saturated heterocycles. The van der Waals surface area contributed by atoms with Crippen LogP contribution in [0, 0.1) is 3.57 Å². The molecule has 0 atom stereocenters. The molecule has 64 valence electrons. The van der Waals surface area contributed by atoms with E-state index in [4.69, 9.17) is 11.5 Å². The van der Waals surface area contributed by atoms with Crippen LogP contribution in [0.4, 0.5) is 0 Å². The molecule has 0 aliphatic carbocycles. The van der Waals surface area contributed by atoms with Crippen LogP contribution in [0.25, 0.3) is 0 Å². The molecule has 1 rings (SSSR count). The van der Waals surface area contributed by atoms with E-state index < -0.39 is 0 Å². The molecule has 1 aromatic carbocycles. The normalized spacial score (nSPS) is 9.42. The lowest BCUT2D eigenvalue weighted by Gasteiger charge is -1.97. The first-order valence-electron chi connectivity index (χ1n) is 3.48. The second-order valence-electron chi connectivity index (χ2n) is 2.37. The molecule has 1 aromatic rings. The van der Waals surface area contributed by atoms with Crippen LogP contribution in [0.5, 0.6) is 0 Å². The van der Waals surface area contributed by atoms with Gasteiger partial charge in [0.1, 0.15) is 0 Å². The lowest BCUT2D eigenvalue weighted by atomic mass is 10.2. The molecule has 4 N–H and O–H groups in total. The number of guanidine groups is 1. The van der Waals surface area contributed by atoms with Crippen molar-refractivity contribution < 1.29 is 0 Å². The van der Waals surface area contributed by atoms with Gasteiger partial charge in [-0.3, -0.25) is 0 Å². The fraction of sp³-hybridized carbons (Fsp3) is 0.125. The van der Waals surface area contributed by atoms with E-state index in [1.807, 2.05) is 24.3 Å². The zero-order valence-electron chi connectivity index (χ0n) is 6.50. The van der Waals surface area contributed by atoms with Crippen LogP contribution in [0.2, 0.25) is 0 Å². The summed E-state index contributed by atoms with van der Waals surface area (Å²) in [5, 5.41) is 0. The average molecular weight is 279 g/mol. The molecule has 0 radical (unpaired) electrons. The molecule has 0 aromatic heterocycles. The van der Waals surface area contributed by atoms with Crippen LogP contribution in [-0.4, -0.2) is 5.96 Å². The van der Waals surface area contributed by atoms with Crippen LogP contribution in [0.1, 0.15) is 5.56 Å². The Balaban J connectivity index is 2.70. The number of hydrogen-bond donors (Lipinski definition) is 2. The molecular formula is C8H10IN3. The Kier molecular flexibility index (Phi) is 3.33. The predicted octanol–water partition coefficient (Wildman–Crippen LogP) is 1.06. The highest BCUT2D eigenvalue weighted by Crippen LogP contribution is 2.08. The third kappa shape index (κ3) is 3.08. The molecule has 0 aliphatic rings. The topological polar surface area (TPSA) is 64.4 Å². The Morgan fingerprint density at radius 1 is 1.42 bits per heavy atom. The fourth-order valence-corrected chi connectivity index (χ4v) is 1.43. The zero-order valence-corrected chi connectivity index (χ0v) is 8.65. The minimum absolute atomic E-state index is 0.133. The summed E-state index contributed by atoms with van der Waals surface area (Å²) in [6.07, 6.45) is 0. The van der Waals surface area contributed by atoms with Gasteiger partial charge in [-0.05, 0) is 40.3 Å². The van der Waals surface area contributed by atoms with Crippen molar-refractivity contribution >= 4 is 28.6 Å². The van der Waals surface area contributed by atoms with Crippen LogP contribution in [0.15, 0.2) is 29.3 Å². The third-order valence-corrected chi connectivity index (χ3v) is 2.00. The second kappa shape index (κ2) is 4.30. The standard InChI is InChI=1S/C8H10IN3/c9-7-3-1-2-6(4-7)5-12-8(10)11/h1-4H,5H2,(H4,10,11,12)/i9+4. The third-order valence-electron chi connectivity index (χ3n) is 1.33. The largest absolute Gasteiger partial charge is 0.370 e. The molecule has 0 bridgehead atoms. The Morgan fingerprint density at radius 3 is 2.75 bits per heavy atom. The van der Waals surface area contributed by atoms with Crippen molar-refractivity contribution in [1.29, 1.82) is 0 Å². The maximum absolute atomic E-state index is 5.20. The molecule has 0 amide bonds. The molecule has 0 heterocycles. The lowest BCUT2D eigenvalue weighted by Crippen LogP contribution is -2.22. The molecule has 0 unspecified atom stereocenters. The van der Waals surface area contributed by atoms with Gasteiger partial charge in [0.05, 0.1) is 6.54 Å². The first-order chi connectivity index (χ1) is 5.68. The van der Waals surface area contributed by atoms with E-state index in [9.17, 15) is 0 Å². The number of aliphatic imine (C=N–C) groups is 1. The highest BCUT2D eigenvalue weighted by Gasteiger charge is 1.91. The molecule has 0 saturated carbocycles. The molecule has 0 aliphatic heterocycles. The van der Waals surface area contributed by atoms with E-state index in [1.165, 1.54) is 3.57 Å². The van der Waals surface area contributed by atoms with Gasteiger partial charge in [-0.1, -0.05) is 12.1 Å². The Bertz CT molecular complexity index is 292. The van der Waals surface area contributed by atoms with Crippen LogP contribution in [0.3, 0.4) is 0 Å². The number of halogens is 1. The summed E-state index contributed by atoms with van der Waals surface area (Å²) in [6, 6.07) is 8.06. The van der Waals surface area contributed by atoms with Gasteiger partial charge in [0.25, 0.3) is 0 Å². The molecule has 4 heteroatoms. The Labute approximate surface area is 85.0 Å². The highest BCUT2D eigenvalue weighted by molar-refractivity contribution is 14.1. The zero-order chi connectivity index (χ0) is 8.97. The predicted molar refractivity (Wildman–Crippen MR) is 58.7 cm³/mol. The molecule has 0 spiro atoms.